The van der Waals surface area contributed by atoms with Crippen LogP contribution >= 0.6 is 11.3 Å². The monoisotopic (exact) mass is 234 g/mol. The molecule has 2 aromatic rings. The Labute approximate surface area is 98.9 Å². The zero-order valence-corrected chi connectivity index (χ0v) is 10.4. The zero-order valence-electron chi connectivity index (χ0n) is 9.57. The Morgan fingerprint density at radius 3 is 2.62 bits per heavy atom. The van der Waals surface area contributed by atoms with Gasteiger partial charge in [0.2, 0.25) is 0 Å². The minimum Gasteiger partial charge on any atom is -0.496 e. The van der Waals surface area contributed by atoms with Crippen LogP contribution in [0.1, 0.15) is 11.1 Å². The Morgan fingerprint density at radius 2 is 2.06 bits per heavy atom. The second-order valence-electron chi connectivity index (χ2n) is 3.65. The normalized spacial score (nSPS) is 10.4. The summed E-state index contributed by atoms with van der Waals surface area (Å²) in [5.74, 6) is 0.906. The Bertz CT molecular complexity index is 520. The highest BCUT2D eigenvalue weighted by atomic mass is 32.1. The van der Waals surface area contributed by atoms with Crippen molar-refractivity contribution in [2.45, 2.75) is 13.8 Å². The molecule has 84 valence electrons. The molecular formula is C12H14N2OS. The van der Waals surface area contributed by atoms with E-state index in [0.29, 0.717) is 5.13 Å². The molecule has 0 saturated heterocycles. The summed E-state index contributed by atoms with van der Waals surface area (Å²) in [7, 11) is 1.69. The third-order valence-electron chi connectivity index (χ3n) is 2.67. The summed E-state index contributed by atoms with van der Waals surface area (Å²) < 4.78 is 5.46. The quantitative estimate of drug-likeness (QED) is 0.869. The molecule has 0 fully saturated rings. The van der Waals surface area contributed by atoms with Gasteiger partial charge in [0.1, 0.15) is 5.75 Å². The van der Waals surface area contributed by atoms with Gasteiger partial charge in [-0.2, -0.15) is 0 Å². The number of ether oxygens (including phenoxy) is 1. The molecule has 0 saturated carbocycles. The number of rotatable bonds is 2. The molecule has 1 aromatic carbocycles. The van der Waals surface area contributed by atoms with E-state index in [1.54, 1.807) is 13.3 Å². The van der Waals surface area contributed by atoms with Gasteiger partial charge in [-0.05, 0) is 31.0 Å². The lowest BCUT2D eigenvalue weighted by atomic mass is 10.0. The van der Waals surface area contributed by atoms with E-state index in [1.807, 2.05) is 6.07 Å². The number of hydrogen-bond acceptors (Lipinski definition) is 4. The summed E-state index contributed by atoms with van der Waals surface area (Å²) in [6.45, 7) is 4.13. The smallest absolute Gasteiger partial charge is 0.180 e. The first kappa shape index (κ1) is 11.0. The molecule has 3 nitrogen and oxygen atoms in total. The molecule has 0 unspecified atom stereocenters. The lowest BCUT2D eigenvalue weighted by Crippen LogP contribution is -1.92. The lowest BCUT2D eigenvalue weighted by Gasteiger charge is -2.11. The van der Waals surface area contributed by atoms with Crippen LogP contribution in [0.5, 0.6) is 5.75 Å². The van der Waals surface area contributed by atoms with E-state index in [2.05, 4.69) is 24.9 Å². The second-order valence-corrected chi connectivity index (χ2v) is 4.71. The van der Waals surface area contributed by atoms with Crippen molar-refractivity contribution >= 4 is 16.5 Å². The average Bonchev–Trinajstić information content (AvgIpc) is 2.68. The van der Waals surface area contributed by atoms with Crippen LogP contribution in [0.25, 0.3) is 10.4 Å². The summed E-state index contributed by atoms with van der Waals surface area (Å²) in [6, 6.07) is 4.14. The first-order valence-corrected chi connectivity index (χ1v) is 5.81. The van der Waals surface area contributed by atoms with Gasteiger partial charge in [-0.25, -0.2) is 4.98 Å². The zero-order chi connectivity index (χ0) is 11.7. The van der Waals surface area contributed by atoms with Gasteiger partial charge < -0.3 is 10.5 Å². The summed E-state index contributed by atoms with van der Waals surface area (Å²) >= 11 is 1.47. The standard InChI is InChI=1S/C12H14N2OS/c1-7-4-5-9(11(15-3)8(7)2)10-6-14-12(13)16-10/h4-6H,1-3H3,(H2,13,14). The van der Waals surface area contributed by atoms with E-state index in [9.17, 15) is 0 Å². The minimum atomic E-state index is 0.579. The van der Waals surface area contributed by atoms with Crippen molar-refractivity contribution in [3.05, 3.63) is 29.5 Å². The highest BCUT2D eigenvalue weighted by molar-refractivity contribution is 7.18. The van der Waals surface area contributed by atoms with E-state index in [0.717, 1.165) is 21.8 Å². The van der Waals surface area contributed by atoms with Crippen LogP contribution in [0.15, 0.2) is 18.3 Å². The third-order valence-corrected chi connectivity index (χ3v) is 3.53. The Hall–Kier alpha value is -1.55. The lowest BCUT2D eigenvalue weighted by molar-refractivity contribution is 0.413. The van der Waals surface area contributed by atoms with Gasteiger partial charge in [-0.3, -0.25) is 0 Å². The molecule has 0 bridgehead atoms. The van der Waals surface area contributed by atoms with Crippen molar-refractivity contribution in [2.24, 2.45) is 0 Å². The Morgan fingerprint density at radius 1 is 1.31 bits per heavy atom. The summed E-state index contributed by atoms with van der Waals surface area (Å²) in [5.41, 5.74) is 9.08. The van der Waals surface area contributed by atoms with Gasteiger partial charge in [0.05, 0.1) is 12.0 Å². The van der Waals surface area contributed by atoms with Crippen molar-refractivity contribution in [1.82, 2.24) is 4.98 Å². The van der Waals surface area contributed by atoms with Crippen LogP contribution in [-0.2, 0) is 0 Å². The molecule has 1 heterocycles. The number of hydrogen-bond donors (Lipinski definition) is 1. The van der Waals surface area contributed by atoms with E-state index in [-0.39, 0.29) is 0 Å². The average molecular weight is 234 g/mol. The van der Waals surface area contributed by atoms with E-state index in [4.69, 9.17) is 10.5 Å². The van der Waals surface area contributed by atoms with Gasteiger partial charge in [0.15, 0.2) is 5.13 Å². The Balaban J connectivity index is 2.61. The highest BCUT2D eigenvalue weighted by Gasteiger charge is 2.12. The number of nitrogen functional groups attached to an aromatic ring is 1. The van der Waals surface area contributed by atoms with Crippen LogP contribution in [0.4, 0.5) is 5.13 Å². The molecule has 0 amide bonds. The van der Waals surface area contributed by atoms with Crippen molar-refractivity contribution in [3.8, 4) is 16.2 Å². The molecule has 2 rings (SSSR count). The number of nitrogens with zero attached hydrogens (tertiary/aromatic N) is 1. The fourth-order valence-corrected chi connectivity index (χ4v) is 2.37. The molecule has 0 aliphatic heterocycles. The minimum absolute atomic E-state index is 0.579. The molecule has 16 heavy (non-hydrogen) atoms. The predicted molar refractivity (Wildman–Crippen MR) is 68.0 cm³/mol. The van der Waals surface area contributed by atoms with Gasteiger partial charge in [0.25, 0.3) is 0 Å². The molecule has 0 atom stereocenters. The molecule has 2 N–H and O–H groups in total. The van der Waals surface area contributed by atoms with E-state index < -0.39 is 0 Å². The first-order chi connectivity index (χ1) is 7.63. The van der Waals surface area contributed by atoms with E-state index in [1.165, 1.54) is 16.9 Å². The molecule has 4 heteroatoms. The maximum absolute atomic E-state index is 5.64. The number of aromatic nitrogens is 1. The maximum Gasteiger partial charge on any atom is 0.180 e. The number of aryl methyl sites for hydroxylation is 1. The largest absolute Gasteiger partial charge is 0.496 e. The summed E-state index contributed by atoms with van der Waals surface area (Å²) in [6.07, 6.45) is 1.78. The Kier molecular flexibility index (Phi) is 2.83. The van der Waals surface area contributed by atoms with Gasteiger partial charge >= 0.3 is 0 Å². The number of benzene rings is 1. The molecule has 0 aliphatic carbocycles. The molecule has 0 aliphatic rings. The second kappa shape index (κ2) is 4.14. The number of anilines is 1. The van der Waals surface area contributed by atoms with Crippen LogP contribution in [0.2, 0.25) is 0 Å². The predicted octanol–water partition coefficient (Wildman–Crippen LogP) is 3.02. The van der Waals surface area contributed by atoms with Gasteiger partial charge in [0, 0.05) is 11.8 Å². The fourth-order valence-electron chi connectivity index (χ4n) is 1.66. The van der Waals surface area contributed by atoms with Gasteiger partial charge in [-0.1, -0.05) is 17.4 Å². The first-order valence-electron chi connectivity index (χ1n) is 4.99. The number of thiazole rings is 1. The summed E-state index contributed by atoms with van der Waals surface area (Å²) in [5, 5.41) is 0.579. The van der Waals surface area contributed by atoms with Gasteiger partial charge in [-0.15, -0.1) is 0 Å². The van der Waals surface area contributed by atoms with Crippen LogP contribution in [-0.4, -0.2) is 12.1 Å². The van der Waals surface area contributed by atoms with Crippen molar-refractivity contribution in [2.75, 3.05) is 12.8 Å². The van der Waals surface area contributed by atoms with Crippen molar-refractivity contribution in [3.63, 3.8) is 0 Å². The third kappa shape index (κ3) is 1.76. The van der Waals surface area contributed by atoms with Crippen LogP contribution in [0, 0.1) is 13.8 Å². The number of nitrogens with two attached hydrogens (primary N) is 1. The van der Waals surface area contributed by atoms with Crippen LogP contribution < -0.4 is 10.5 Å². The molecular weight excluding hydrogens is 220 g/mol. The highest BCUT2D eigenvalue weighted by Crippen LogP contribution is 2.37. The molecule has 1 aromatic heterocycles. The molecule has 0 radical (unpaired) electrons. The maximum atomic E-state index is 5.64. The van der Waals surface area contributed by atoms with Crippen molar-refractivity contribution in [1.29, 1.82) is 0 Å². The fraction of sp³-hybridized carbons (Fsp3) is 0.250. The number of methoxy groups -OCH3 is 1. The van der Waals surface area contributed by atoms with Crippen molar-refractivity contribution < 1.29 is 4.74 Å². The topological polar surface area (TPSA) is 48.1 Å². The van der Waals surface area contributed by atoms with Crippen LogP contribution in [0.3, 0.4) is 0 Å². The summed E-state index contributed by atoms with van der Waals surface area (Å²) in [4.78, 5) is 5.10. The molecule has 0 spiro atoms. The SMILES string of the molecule is COc1c(-c2cnc(N)s2)ccc(C)c1C. The van der Waals surface area contributed by atoms with E-state index >= 15 is 0 Å².